The van der Waals surface area contributed by atoms with Crippen molar-refractivity contribution in [3.05, 3.63) is 91.0 Å². The van der Waals surface area contributed by atoms with Crippen LogP contribution in [0, 0.1) is 17.1 Å². The first kappa shape index (κ1) is 21.1. The van der Waals surface area contributed by atoms with Gasteiger partial charge in [0.25, 0.3) is 5.56 Å². The minimum Gasteiger partial charge on any atom is -0.493 e. The Labute approximate surface area is 176 Å². The van der Waals surface area contributed by atoms with Gasteiger partial charge in [-0.1, -0.05) is 17.7 Å². The molecule has 3 rings (SSSR count). The van der Waals surface area contributed by atoms with Crippen LogP contribution in [-0.4, -0.2) is 23.4 Å². The average Bonchev–Trinajstić information content (AvgIpc) is 2.74. The van der Waals surface area contributed by atoms with E-state index in [1.807, 2.05) is 6.07 Å². The molecular weight excluding hydrogens is 413 g/mol. The molecule has 9 heteroatoms. The zero-order valence-corrected chi connectivity index (χ0v) is 16.9. The van der Waals surface area contributed by atoms with Gasteiger partial charge in [0, 0.05) is 6.07 Å². The lowest BCUT2D eigenvalue weighted by molar-refractivity contribution is 0.354. The van der Waals surface area contributed by atoms with Crippen molar-refractivity contribution in [3.8, 4) is 17.6 Å². The molecule has 0 aliphatic carbocycles. The normalized spacial score (nSPS) is 10.5. The molecule has 0 saturated carbocycles. The zero-order valence-electron chi connectivity index (χ0n) is 16.2. The van der Waals surface area contributed by atoms with E-state index in [2.05, 4.69) is 0 Å². The molecular formula is C21H17ClFN3O4. The van der Waals surface area contributed by atoms with Crippen LogP contribution in [0.25, 0.3) is 0 Å². The maximum Gasteiger partial charge on any atom is 0.332 e. The Kier molecular flexibility index (Phi) is 6.23. The predicted molar refractivity (Wildman–Crippen MR) is 109 cm³/mol. The third kappa shape index (κ3) is 4.21. The van der Waals surface area contributed by atoms with Crippen molar-refractivity contribution in [1.29, 1.82) is 5.26 Å². The van der Waals surface area contributed by atoms with Gasteiger partial charge >= 0.3 is 5.69 Å². The first-order valence-electron chi connectivity index (χ1n) is 8.77. The van der Waals surface area contributed by atoms with Gasteiger partial charge < -0.3 is 9.47 Å². The van der Waals surface area contributed by atoms with Gasteiger partial charge in [0.1, 0.15) is 11.0 Å². The third-order valence-electron chi connectivity index (χ3n) is 4.53. The number of aromatic nitrogens is 2. The van der Waals surface area contributed by atoms with Crippen molar-refractivity contribution >= 4 is 11.6 Å². The van der Waals surface area contributed by atoms with Crippen molar-refractivity contribution in [2.45, 2.75) is 13.1 Å². The fourth-order valence-electron chi connectivity index (χ4n) is 3.01. The first-order valence-corrected chi connectivity index (χ1v) is 9.15. The molecule has 0 bridgehead atoms. The van der Waals surface area contributed by atoms with Gasteiger partial charge in [-0.15, -0.1) is 0 Å². The Morgan fingerprint density at radius 2 is 1.73 bits per heavy atom. The third-order valence-corrected chi connectivity index (χ3v) is 4.85. The van der Waals surface area contributed by atoms with E-state index in [0.717, 1.165) is 27.3 Å². The molecule has 0 amide bonds. The Morgan fingerprint density at radius 3 is 2.40 bits per heavy atom. The molecule has 2 aromatic carbocycles. The Hall–Kier alpha value is -3.57. The van der Waals surface area contributed by atoms with Crippen LogP contribution in [0.4, 0.5) is 4.39 Å². The fourth-order valence-corrected chi connectivity index (χ4v) is 3.24. The molecule has 154 valence electrons. The van der Waals surface area contributed by atoms with Crippen molar-refractivity contribution in [3.63, 3.8) is 0 Å². The Morgan fingerprint density at radius 1 is 1.00 bits per heavy atom. The highest BCUT2D eigenvalue weighted by Gasteiger charge is 2.14. The number of methoxy groups -OCH3 is 2. The van der Waals surface area contributed by atoms with Gasteiger partial charge in [-0.3, -0.25) is 13.9 Å². The molecule has 0 fully saturated rings. The summed E-state index contributed by atoms with van der Waals surface area (Å²) >= 11 is 6.12. The van der Waals surface area contributed by atoms with E-state index in [4.69, 9.17) is 21.1 Å². The van der Waals surface area contributed by atoms with E-state index in [-0.39, 0.29) is 29.4 Å². The maximum atomic E-state index is 13.6. The number of nitriles is 1. The van der Waals surface area contributed by atoms with Crippen LogP contribution < -0.4 is 20.7 Å². The zero-order chi connectivity index (χ0) is 21.8. The first-order chi connectivity index (χ1) is 14.4. The predicted octanol–water partition coefficient (Wildman–Crippen LogP) is 2.79. The number of nitrogens with zero attached hydrogens (tertiary/aromatic N) is 3. The average molecular weight is 430 g/mol. The fraction of sp³-hybridized carbons (Fsp3) is 0.190. The molecule has 1 aromatic heterocycles. The molecule has 0 aliphatic rings. The number of ether oxygens (including phenoxy) is 2. The maximum absolute atomic E-state index is 13.6. The van der Waals surface area contributed by atoms with Gasteiger partial charge in [-0.05, 0) is 41.5 Å². The molecule has 0 radical (unpaired) electrons. The summed E-state index contributed by atoms with van der Waals surface area (Å²) in [7, 11) is 2.98. The van der Waals surface area contributed by atoms with E-state index < -0.39 is 17.1 Å². The highest BCUT2D eigenvalue weighted by Crippen LogP contribution is 2.27. The second-order valence-corrected chi connectivity index (χ2v) is 6.75. The van der Waals surface area contributed by atoms with Crippen LogP contribution in [-0.2, 0) is 13.1 Å². The van der Waals surface area contributed by atoms with Gasteiger partial charge in [0.05, 0.1) is 38.9 Å². The largest absolute Gasteiger partial charge is 0.493 e. The number of hydrogen-bond acceptors (Lipinski definition) is 5. The van der Waals surface area contributed by atoms with Gasteiger partial charge in [0.15, 0.2) is 11.5 Å². The monoisotopic (exact) mass is 429 g/mol. The Balaban J connectivity index is 2.05. The van der Waals surface area contributed by atoms with Gasteiger partial charge in [0.2, 0.25) is 0 Å². The smallest absolute Gasteiger partial charge is 0.332 e. The highest BCUT2D eigenvalue weighted by molar-refractivity contribution is 6.29. The van der Waals surface area contributed by atoms with Crippen LogP contribution in [0.5, 0.6) is 11.5 Å². The number of benzene rings is 2. The van der Waals surface area contributed by atoms with E-state index >= 15 is 0 Å². The number of halogens is 2. The molecule has 0 atom stereocenters. The Bertz CT molecular complexity index is 1260. The number of rotatable bonds is 6. The summed E-state index contributed by atoms with van der Waals surface area (Å²) in [6.45, 7) is -0.200. The second kappa shape index (κ2) is 8.84. The van der Waals surface area contributed by atoms with Crippen LogP contribution in [0.1, 0.15) is 16.7 Å². The van der Waals surface area contributed by atoms with Gasteiger partial charge in [-0.2, -0.15) is 5.26 Å². The van der Waals surface area contributed by atoms with Crippen LogP contribution in [0.3, 0.4) is 0 Å². The van der Waals surface area contributed by atoms with E-state index in [1.165, 1.54) is 20.3 Å². The summed E-state index contributed by atoms with van der Waals surface area (Å²) in [5.41, 5.74) is -0.162. The minimum atomic E-state index is -0.685. The van der Waals surface area contributed by atoms with Crippen LogP contribution in [0.2, 0.25) is 5.15 Å². The quantitative estimate of drug-likeness (QED) is 0.562. The van der Waals surface area contributed by atoms with Crippen molar-refractivity contribution < 1.29 is 13.9 Å². The molecule has 0 spiro atoms. The lowest BCUT2D eigenvalue weighted by Crippen LogP contribution is -2.40. The van der Waals surface area contributed by atoms with Crippen molar-refractivity contribution in [2.24, 2.45) is 0 Å². The van der Waals surface area contributed by atoms with Crippen LogP contribution >= 0.6 is 11.6 Å². The summed E-state index contributed by atoms with van der Waals surface area (Å²) in [4.78, 5) is 25.4. The second-order valence-electron chi connectivity index (χ2n) is 6.36. The summed E-state index contributed by atoms with van der Waals surface area (Å²) < 4.78 is 26.2. The molecule has 1 heterocycles. The molecule has 3 aromatic rings. The van der Waals surface area contributed by atoms with Crippen LogP contribution in [0.15, 0.2) is 52.1 Å². The minimum absolute atomic E-state index is 0.0382. The van der Waals surface area contributed by atoms with E-state index in [0.29, 0.717) is 17.1 Å². The van der Waals surface area contributed by atoms with E-state index in [1.54, 1.807) is 18.2 Å². The summed E-state index contributed by atoms with van der Waals surface area (Å²) in [6, 6.07) is 11.7. The highest BCUT2D eigenvalue weighted by atomic mass is 35.5. The van der Waals surface area contributed by atoms with E-state index in [9.17, 15) is 19.2 Å². The molecule has 7 nitrogen and oxygen atoms in total. The SMILES string of the molecule is COc1ccc(Cn2c(=O)cc(Cl)n(Cc3cc(F)ccc3C#N)c2=O)cc1OC. The summed E-state index contributed by atoms with van der Waals surface area (Å²) in [5.74, 6) is 0.417. The topological polar surface area (TPSA) is 86.2 Å². The molecule has 0 aliphatic heterocycles. The van der Waals surface area contributed by atoms with Crippen molar-refractivity contribution in [2.75, 3.05) is 14.2 Å². The summed E-state index contributed by atoms with van der Waals surface area (Å²) in [6.07, 6.45) is 0. The standard InChI is InChI=1S/C21H17ClFN3O4/c1-29-17-6-3-13(7-18(17)30-2)11-26-20(27)9-19(22)25(21(26)28)12-15-8-16(23)5-4-14(15)10-24/h3-9H,11-12H2,1-2H3. The molecule has 0 saturated heterocycles. The van der Waals surface area contributed by atoms with Gasteiger partial charge in [-0.25, -0.2) is 9.18 Å². The molecule has 30 heavy (non-hydrogen) atoms. The lowest BCUT2D eigenvalue weighted by atomic mass is 10.1. The lowest BCUT2D eigenvalue weighted by Gasteiger charge is -2.14. The summed E-state index contributed by atoms with van der Waals surface area (Å²) in [5, 5.41) is 9.13. The van der Waals surface area contributed by atoms with Crippen molar-refractivity contribution in [1.82, 2.24) is 9.13 Å². The number of hydrogen-bond donors (Lipinski definition) is 0. The molecule has 0 N–H and O–H groups in total. The molecule has 0 unspecified atom stereocenters.